The van der Waals surface area contributed by atoms with Gasteiger partial charge in [0.25, 0.3) is 0 Å². The first-order chi connectivity index (χ1) is 8.06. The lowest BCUT2D eigenvalue weighted by Gasteiger charge is -2.14. The van der Waals surface area contributed by atoms with Gasteiger partial charge in [-0.3, -0.25) is 8.74 Å². The number of ether oxygens (including phenoxy) is 1. The van der Waals surface area contributed by atoms with Gasteiger partial charge in [0.05, 0.1) is 25.9 Å². The third-order valence-electron chi connectivity index (χ3n) is 1.87. The minimum atomic E-state index is -2.21. The van der Waals surface area contributed by atoms with Gasteiger partial charge in [0.1, 0.15) is 0 Å². The van der Waals surface area contributed by atoms with Crippen molar-refractivity contribution in [2.24, 2.45) is 5.92 Å². The van der Waals surface area contributed by atoms with E-state index in [-0.39, 0.29) is 19.1 Å². The molecule has 7 heteroatoms. The van der Waals surface area contributed by atoms with Crippen LogP contribution in [0, 0.1) is 5.92 Å². The summed E-state index contributed by atoms with van der Waals surface area (Å²) in [6, 6.07) is 0. The van der Waals surface area contributed by atoms with E-state index >= 15 is 0 Å². The molecule has 3 atom stereocenters. The second-order valence-electron chi connectivity index (χ2n) is 3.75. The summed E-state index contributed by atoms with van der Waals surface area (Å²) in [6.45, 7) is 7.24. The topological polar surface area (TPSA) is 88.0 Å². The summed E-state index contributed by atoms with van der Waals surface area (Å²) in [7, 11) is 0. The summed E-state index contributed by atoms with van der Waals surface area (Å²) in [5.74, 6) is 0.0902. The molecule has 0 saturated heterocycles. The fraction of sp³-hybridized carbons (Fsp3) is 0.800. The monoisotopic (exact) mass is 267 g/mol. The highest BCUT2D eigenvalue weighted by Gasteiger charge is 2.07. The molecule has 17 heavy (non-hydrogen) atoms. The molecule has 0 aliphatic rings. The zero-order valence-corrected chi connectivity index (χ0v) is 10.8. The molecule has 0 aromatic heterocycles. The Morgan fingerprint density at radius 1 is 1.47 bits per heavy atom. The van der Waals surface area contributed by atoms with Crippen LogP contribution in [0.5, 0.6) is 0 Å². The van der Waals surface area contributed by atoms with Gasteiger partial charge in [-0.2, -0.15) is 4.21 Å². The predicted molar refractivity (Wildman–Crippen MR) is 65.8 cm³/mol. The first kappa shape index (κ1) is 16.7. The van der Waals surface area contributed by atoms with E-state index in [0.29, 0.717) is 19.7 Å². The molecule has 0 aromatic carbocycles. The van der Waals surface area contributed by atoms with Crippen molar-refractivity contribution in [2.45, 2.75) is 13.0 Å². The third-order valence-corrected chi connectivity index (χ3v) is 2.21. The molecule has 6 nitrogen and oxygen atoms in total. The van der Waals surface area contributed by atoms with Crippen LogP contribution in [0.15, 0.2) is 12.7 Å². The molecule has 3 N–H and O–H groups in total. The number of nitrogens with one attached hydrogen (secondary N) is 1. The summed E-state index contributed by atoms with van der Waals surface area (Å²) < 4.78 is 28.2. The maximum Gasteiger partial charge on any atom is 0.301 e. The van der Waals surface area contributed by atoms with E-state index in [4.69, 9.17) is 9.29 Å². The Bertz CT molecular complexity index is 227. The highest BCUT2D eigenvalue weighted by molar-refractivity contribution is 7.74. The van der Waals surface area contributed by atoms with Crippen LogP contribution < -0.4 is 5.32 Å². The van der Waals surface area contributed by atoms with Gasteiger partial charge in [-0.1, -0.05) is 13.0 Å². The molecule has 0 spiro atoms. The highest BCUT2D eigenvalue weighted by Crippen LogP contribution is 1.95. The van der Waals surface area contributed by atoms with Crippen molar-refractivity contribution in [3.63, 3.8) is 0 Å². The fourth-order valence-electron chi connectivity index (χ4n) is 1.08. The first-order valence-corrected chi connectivity index (χ1v) is 6.41. The molecular weight excluding hydrogens is 246 g/mol. The smallest absolute Gasteiger partial charge is 0.301 e. The molecule has 0 rings (SSSR count). The van der Waals surface area contributed by atoms with Gasteiger partial charge in [0, 0.05) is 13.1 Å². The normalized spacial score (nSPS) is 16.4. The molecule has 3 unspecified atom stereocenters. The van der Waals surface area contributed by atoms with Crippen molar-refractivity contribution in [3.05, 3.63) is 12.7 Å². The lowest BCUT2D eigenvalue weighted by Crippen LogP contribution is -2.34. The lowest BCUT2D eigenvalue weighted by atomic mass is 10.2. The molecule has 0 fully saturated rings. The van der Waals surface area contributed by atoms with Crippen LogP contribution in [-0.2, 0) is 20.3 Å². The van der Waals surface area contributed by atoms with Crippen molar-refractivity contribution in [1.29, 1.82) is 0 Å². The number of hydrogen-bond donors (Lipinski definition) is 3. The van der Waals surface area contributed by atoms with E-state index < -0.39 is 17.5 Å². The quantitative estimate of drug-likeness (QED) is 0.276. The highest BCUT2D eigenvalue weighted by atomic mass is 32.2. The molecular formula is C10H21NO5S. The van der Waals surface area contributed by atoms with E-state index in [1.165, 1.54) is 0 Å². The SMILES string of the molecule is C=CCOCC(O)CNCC(C)COS(=O)O. The molecule has 0 aromatic rings. The van der Waals surface area contributed by atoms with E-state index in [1.807, 2.05) is 6.92 Å². The Morgan fingerprint density at radius 2 is 2.18 bits per heavy atom. The van der Waals surface area contributed by atoms with Crippen molar-refractivity contribution in [2.75, 3.05) is 32.9 Å². The molecule has 102 valence electrons. The molecule has 0 aliphatic heterocycles. The largest absolute Gasteiger partial charge is 0.389 e. The second-order valence-corrected chi connectivity index (χ2v) is 4.41. The third kappa shape index (κ3) is 11.9. The Morgan fingerprint density at radius 3 is 2.76 bits per heavy atom. The Hall–Kier alpha value is -0.310. The Balaban J connectivity index is 3.41. The van der Waals surface area contributed by atoms with Crippen LogP contribution in [-0.4, -0.2) is 52.9 Å². The van der Waals surface area contributed by atoms with Crippen molar-refractivity contribution >= 4 is 11.4 Å². The summed E-state index contributed by atoms with van der Waals surface area (Å²) in [4.78, 5) is 0. The van der Waals surface area contributed by atoms with Crippen molar-refractivity contribution in [3.8, 4) is 0 Å². The van der Waals surface area contributed by atoms with Gasteiger partial charge in [-0.15, -0.1) is 6.58 Å². The van der Waals surface area contributed by atoms with E-state index in [1.54, 1.807) is 6.08 Å². The van der Waals surface area contributed by atoms with E-state index in [0.717, 1.165) is 0 Å². The minimum Gasteiger partial charge on any atom is -0.389 e. The predicted octanol–water partition coefficient (Wildman–Crippen LogP) is -0.0711. The Kier molecular flexibility index (Phi) is 10.6. The number of rotatable bonds is 11. The zero-order valence-electron chi connectivity index (χ0n) is 10.0. The number of hydrogen-bond acceptors (Lipinski definition) is 5. The second kappa shape index (κ2) is 10.8. The first-order valence-electron chi connectivity index (χ1n) is 5.37. The van der Waals surface area contributed by atoms with Gasteiger partial charge in [0.15, 0.2) is 0 Å². The van der Waals surface area contributed by atoms with Crippen LogP contribution in [0.25, 0.3) is 0 Å². The maximum atomic E-state index is 10.2. The molecule has 0 heterocycles. The van der Waals surface area contributed by atoms with E-state index in [9.17, 15) is 9.32 Å². The van der Waals surface area contributed by atoms with Gasteiger partial charge in [-0.05, 0) is 5.92 Å². The van der Waals surface area contributed by atoms with Gasteiger partial charge >= 0.3 is 11.4 Å². The van der Waals surface area contributed by atoms with Crippen LogP contribution in [0.1, 0.15) is 6.92 Å². The number of aliphatic hydroxyl groups is 1. The lowest BCUT2D eigenvalue weighted by molar-refractivity contribution is 0.0488. The standard InChI is InChI=1S/C10H21NO5S/c1-3-4-15-8-10(12)6-11-5-9(2)7-16-17(13)14/h3,9-12H,1,4-8H2,2H3,(H,13,14). The number of aliphatic hydroxyl groups excluding tert-OH is 1. The molecule has 0 saturated carbocycles. The molecule has 0 radical (unpaired) electrons. The van der Waals surface area contributed by atoms with E-state index in [2.05, 4.69) is 16.1 Å². The zero-order chi connectivity index (χ0) is 13.1. The maximum absolute atomic E-state index is 10.2. The molecule has 0 aliphatic carbocycles. The molecule has 0 amide bonds. The fourth-order valence-corrected chi connectivity index (χ4v) is 1.42. The van der Waals surface area contributed by atoms with Crippen LogP contribution >= 0.6 is 0 Å². The van der Waals surface area contributed by atoms with Gasteiger partial charge in [-0.25, -0.2) is 0 Å². The van der Waals surface area contributed by atoms with Gasteiger partial charge < -0.3 is 15.2 Å². The summed E-state index contributed by atoms with van der Waals surface area (Å²) >= 11 is -2.21. The summed E-state index contributed by atoms with van der Waals surface area (Å²) in [5.41, 5.74) is 0. The average molecular weight is 267 g/mol. The molecule has 0 bridgehead atoms. The summed E-state index contributed by atoms with van der Waals surface area (Å²) in [5, 5.41) is 12.5. The van der Waals surface area contributed by atoms with Crippen LogP contribution in [0.4, 0.5) is 0 Å². The van der Waals surface area contributed by atoms with Crippen LogP contribution in [0.2, 0.25) is 0 Å². The summed E-state index contributed by atoms with van der Waals surface area (Å²) in [6.07, 6.45) is 1.05. The minimum absolute atomic E-state index is 0.0902. The van der Waals surface area contributed by atoms with Gasteiger partial charge in [0.2, 0.25) is 0 Å². The van der Waals surface area contributed by atoms with Crippen molar-refractivity contribution < 1.29 is 22.8 Å². The van der Waals surface area contributed by atoms with Crippen molar-refractivity contribution in [1.82, 2.24) is 5.32 Å². The average Bonchev–Trinajstić information content (AvgIpc) is 2.27. The van der Waals surface area contributed by atoms with Crippen LogP contribution in [0.3, 0.4) is 0 Å². The Labute approximate surface area is 104 Å².